The number of hydrogen-bond donors (Lipinski definition) is 2. The molecule has 0 radical (unpaired) electrons. The fraction of sp³-hybridized carbons (Fsp3) is 0.200. The van der Waals surface area contributed by atoms with Crippen molar-refractivity contribution in [3.8, 4) is 11.4 Å². The second-order valence-electron chi connectivity index (χ2n) is 8.17. The molecular formula is C25H24N4O. The lowest BCUT2D eigenvalue weighted by Gasteiger charge is -2.25. The summed E-state index contributed by atoms with van der Waals surface area (Å²) in [6, 6.07) is 24.4. The summed E-state index contributed by atoms with van der Waals surface area (Å²) in [4.78, 5) is 17.2. The highest BCUT2D eigenvalue weighted by molar-refractivity contribution is 6.06. The molecule has 0 fully saturated rings. The number of imidazole rings is 1. The fourth-order valence-corrected chi connectivity index (χ4v) is 4.31. The van der Waals surface area contributed by atoms with Crippen LogP contribution in [0.2, 0.25) is 0 Å². The third kappa shape index (κ3) is 3.17. The molecule has 0 spiro atoms. The highest BCUT2D eigenvalue weighted by Gasteiger charge is 2.24. The molecule has 0 saturated carbocycles. The minimum atomic E-state index is -0.466. The number of aromatic nitrogens is 2. The Labute approximate surface area is 175 Å². The van der Waals surface area contributed by atoms with Gasteiger partial charge in [-0.25, -0.2) is 4.98 Å². The maximum atomic E-state index is 12.4. The molecule has 1 aliphatic heterocycles. The van der Waals surface area contributed by atoms with Crippen molar-refractivity contribution in [2.24, 2.45) is 5.73 Å². The Bertz CT molecular complexity index is 1220. The van der Waals surface area contributed by atoms with E-state index in [2.05, 4.69) is 53.2 Å². The Kier molecular flexibility index (Phi) is 4.40. The van der Waals surface area contributed by atoms with Crippen molar-refractivity contribution in [2.45, 2.75) is 25.4 Å². The zero-order chi connectivity index (χ0) is 20.7. The Hall–Kier alpha value is -3.44. The van der Waals surface area contributed by atoms with Crippen LogP contribution < -0.4 is 11.1 Å². The highest BCUT2D eigenvalue weighted by atomic mass is 16.1. The van der Waals surface area contributed by atoms with Crippen molar-refractivity contribution >= 4 is 16.9 Å². The molecule has 3 aromatic carbocycles. The number of amides is 1. The topological polar surface area (TPSA) is 72.9 Å². The lowest BCUT2D eigenvalue weighted by Crippen LogP contribution is -2.35. The van der Waals surface area contributed by atoms with Crippen LogP contribution in [-0.4, -0.2) is 22.0 Å². The van der Waals surface area contributed by atoms with Crippen molar-refractivity contribution in [3.05, 3.63) is 89.5 Å². The van der Waals surface area contributed by atoms with Crippen molar-refractivity contribution in [1.29, 1.82) is 0 Å². The standard InChI is InChI=1S/C25H24N4O/c1-25(26,16-17-6-3-2-4-7-17)19-12-10-18(11-13-19)23-28-21-9-5-8-20-22(21)29(23)15-14-27-24(20)30/h2-13H,14-16,26H2,1H3,(H,27,30). The van der Waals surface area contributed by atoms with Crippen LogP contribution in [0, 0.1) is 0 Å². The summed E-state index contributed by atoms with van der Waals surface area (Å²) >= 11 is 0. The Balaban J connectivity index is 1.52. The van der Waals surface area contributed by atoms with Crippen molar-refractivity contribution in [3.63, 3.8) is 0 Å². The number of nitrogens with zero attached hydrogens (tertiary/aromatic N) is 2. The molecule has 0 saturated heterocycles. The molecule has 0 aliphatic carbocycles. The van der Waals surface area contributed by atoms with E-state index in [4.69, 9.17) is 10.7 Å². The van der Waals surface area contributed by atoms with Gasteiger partial charge in [-0.2, -0.15) is 0 Å². The van der Waals surface area contributed by atoms with E-state index in [0.29, 0.717) is 18.7 Å². The number of nitrogens with one attached hydrogen (secondary N) is 1. The van der Waals surface area contributed by atoms with E-state index in [9.17, 15) is 4.79 Å². The van der Waals surface area contributed by atoms with Gasteiger partial charge in [0.05, 0.1) is 16.6 Å². The molecule has 150 valence electrons. The van der Waals surface area contributed by atoms with Crippen LogP contribution in [0.1, 0.15) is 28.4 Å². The summed E-state index contributed by atoms with van der Waals surface area (Å²) in [6.45, 7) is 3.34. The van der Waals surface area contributed by atoms with Gasteiger partial charge in [0.1, 0.15) is 5.82 Å². The predicted molar refractivity (Wildman–Crippen MR) is 119 cm³/mol. The highest BCUT2D eigenvalue weighted by Crippen LogP contribution is 2.30. The molecule has 30 heavy (non-hydrogen) atoms. The van der Waals surface area contributed by atoms with Gasteiger partial charge >= 0.3 is 0 Å². The molecule has 5 rings (SSSR count). The first-order chi connectivity index (χ1) is 14.5. The van der Waals surface area contributed by atoms with E-state index in [1.807, 2.05) is 36.4 Å². The van der Waals surface area contributed by atoms with Gasteiger partial charge in [-0.05, 0) is 36.6 Å². The third-order valence-electron chi connectivity index (χ3n) is 5.85. The smallest absolute Gasteiger partial charge is 0.253 e. The quantitative estimate of drug-likeness (QED) is 0.550. The maximum absolute atomic E-state index is 12.4. The van der Waals surface area contributed by atoms with Gasteiger partial charge < -0.3 is 15.6 Å². The minimum Gasteiger partial charge on any atom is -0.350 e. The number of benzene rings is 3. The van der Waals surface area contributed by atoms with Gasteiger partial charge in [0.25, 0.3) is 5.91 Å². The summed E-state index contributed by atoms with van der Waals surface area (Å²) in [7, 11) is 0. The Morgan fingerprint density at radius 1 is 1.03 bits per heavy atom. The molecule has 4 aromatic rings. The van der Waals surface area contributed by atoms with Crippen LogP contribution in [0.3, 0.4) is 0 Å². The number of nitrogens with two attached hydrogens (primary N) is 1. The number of hydrogen-bond acceptors (Lipinski definition) is 3. The van der Waals surface area contributed by atoms with E-state index in [-0.39, 0.29) is 5.91 Å². The average Bonchev–Trinajstić information content (AvgIpc) is 3.03. The van der Waals surface area contributed by atoms with Crippen molar-refractivity contribution in [2.75, 3.05) is 6.54 Å². The van der Waals surface area contributed by atoms with Gasteiger partial charge in [-0.1, -0.05) is 60.7 Å². The molecule has 1 amide bonds. The van der Waals surface area contributed by atoms with Crippen molar-refractivity contribution in [1.82, 2.24) is 14.9 Å². The van der Waals surface area contributed by atoms with E-state index < -0.39 is 5.54 Å². The van der Waals surface area contributed by atoms with Crippen LogP contribution >= 0.6 is 0 Å². The minimum absolute atomic E-state index is 0.0408. The predicted octanol–water partition coefficient (Wildman–Crippen LogP) is 3.86. The van der Waals surface area contributed by atoms with Gasteiger partial charge in [-0.15, -0.1) is 0 Å². The molecule has 1 aromatic heterocycles. The van der Waals surface area contributed by atoms with Gasteiger partial charge in [0, 0.05) is 24.2 Å². The normalized spacial score (nSPS) is 15.5. The molecule has 1 unspecified atom stereocenters. The van der Waals surface area contributed by atoms with Crippen molar-refractivity contribution < 1.29 is 4.79 Å². The van der Waals surface area contributed by atoms with Crippen LogP contribution in [0.25, 0.3) is 22.4 Å². The van der Waals surface area contributed by atoms with Gasteiger partial charge in [0.2, 0.25) is 0 Å². The van der Waals surface area contributed by atoms with E-state index in [1.54, 1.807) is 0 Å². The van der Waals surface area contributed by atoms with E-state index in [0.717, 1.165) is 34.4 Å². The monoisotopic (exact) mass is 396 g/mol. The third-order valence-corrected chi connectivity index (χ3v) is 5.85. The molecule has 1 atom stereocenters. The summed E-state index contributed by atoms with van der Waals surface area (Å²) in [5, 5.41) is 2.96. The lowest BCUT2D eigenvalue weighted by atomic mass is 9.86. The van der Waals surface area contributed by atoms with Crippen LogP contribution in [-0.2, 0) is 18.5 Å². The lowest BCUT2D eigenvalue weighted by molar-refractivity contribution is 0.0956. The zero-order valence-corrected chi connectivity index (χ0v) is 16.9. The van der Waals surface area contributed by atoms with Crippen LogP contribution in [0.15, 0.2) is 72.8 Å². The molecule has 3 N–H and O–H groups in total. The molecular weight excluding hydrogens is 372 g/mol. The molecule has 5 nitrogen and oxygen atoms in total. The number of carbonyl (C=O) groups is 1. The summed E-state index contributed by atoms with van der Waals surface area (Å²) in [5.41, 5.74) is 12.0. The van der Waals surface area contributed by atoms with Gasteiger partial charge in [-0.3, -0.25) is 4.79 Å². The maximum Gasteiger partial charge on any atom is 0.253 e. The van der Waals surface area contributed by atoms with Crippen LogP contribution in [0.4, 0.5) is 0 Å². The Morgan fingerprint density at radius 3 is 2.57 bits per heavy atom. The van der Waals surface area contributed by atoms with Gasteiger partial charge in [0.15, 0.2) is 0 Å². The van der Waals surface area contributed by atoms with E-state index in [1.165, 1.54) is 5.56 Å². The molecule has 5 heteroatoms. The molecule has 1 aliphatic rings. The molecule has 0 bridgehead atoms. The zero-order valence-electron chi connectivity index (χ0n) is 16.9. The van der Waals surface area contributed by atoms with E-state index >= 15 is 0 Å². The first kappa shape index (κ1) is 18.6. The Morgan fingerprint density at radius 2 is 1.80 bits per heavy atom. The largest absolute Gasteiger partial charge is 0.350 e. The SMILES string of the molecule is CC(N)(Cc1ccccc1)c1ccc(-c2nc3cccc4c3n2CCNC4=O)cc1. The summed E-state index contributed by atoms with van der Waals surface area (Å²) in [5.74, 6) is 0.836. The second-order valence-corrected chi connectivity index (χ2v) is 8.17. The van der Waals surface area contributed by atoms with Crippen LogP contribution in [0.5, 0.6) is 0 Å². The first-order valence-corrected chi connectivity index (χ1v) is 10.2. The first-order valence-electron chi connectivity index (χ1n) is 10.2. The second kappa shape index (κ2) is 7.11. The summed E-state index contributed by atoms with van der Waals surface area (Å²) < 4.78 is 2.14. The number of rotatable bonds is 4. The number of para-hydroxylation sites is 1. The fourth-order valence-electron chi connectivity index (χ4n) is 4.31. The number of carbonyl (C=O) groups excluding carboxylic acids is 1. The molecule has 2 heterocycles. The summed E-state index contributed by atoms with van der Waals surface area (Å²) in [6.07, 6.45) is 0.767. The average molecular weight is 396 g/mol.